The maximum absolute atomic E-state index is 15.7. The standard InChI is InChI=1S/C69H121N13O14.ClH/c1-25-27-29-44(15)58(96-54(84)36-71-60(86)48-30-28-31-70-48)57-63(89)74-47(26-2)65(91)76(18)37-53(83)77(19)49(32-38(3)4)62(88)75-55(42(11)12)68(94)78(20)50(33-39(5)6)61(87)72-45(16)59(85)73-46(17)64(90)79(21)51(34-40(7)8)66(92)80(22)52(35-41(9)10)67(93)81(23)56(43(13)14)69(95)82(57)24;/h25,27,38-52,55-58,70H,26,28-37H2,1-24H3,(H,71,86)(H,72,87)(H,73,85)(H,74,89)(H,75,88);1H/b27-25+;/t44-,45+,46-,47+,48+,49+,50+,51+,52+,55+,56+,57+,58-;/m1./s1. The number of esters is 1. The summed E-state index contributed by atoms with van der Waals surface area (Å²) in [4.78, 5) is 199. The van der Waals surface area contributed by atoms with Crippen LogP contribution in [0.15, 0.2) is 12.2 Å². The van der Waals surface area contributed by atoms with E-state index in [0.29, 0.717) is 6.42 Å². The lowest BCUT2D eigenvalue weighted by Gasteiger charge is -2.42. The van der Waals surface area contributed by atoms with E-state index in [9.17, 15) is 43.2 Å². The zero-order valence-electron chi connectivity index (χ0n) is 62.7. The summed E-state index contributed by atoms with van der Waals surface area (Å²) in [5.41, 5.74) is 0. The number of quaternary nitrogens is 1. The second kappa shape index (κ2) is 40.9. The van der Waals surface area contributed by atoms with Crippen molar-refractivity contribution in [3.8, 4) is 0 Å². The first-order valence-corrected chi connectivity index (χ1v) is 34.5. The number of carbonyl (C=O) groups excluding carboxylic acids is 13. The van der Waals surface area contributed by atoms with Crippen LogP contribution in [0.1, 0.15) is 169 Å². The number of carbonyl (C=O) groups is 13. The number of ether oxygens (including phenoxy) is 1. The number of nitrogens with one attached hydrogen (secondary N) is 5. The summed E-state index contributed by atoms with van der Waals surface area (Å²) in [5, 5.41) is 15.6. The number of likely N-dealkylation sites (N-methyl/N-ethyl adjacent to an activating group) is 7. The molecule has 27 nitrogen and oxygen atoms in total. The Balaban J connectivity index is 0.0000470. The Kier molecular flexibility index (Phi) is 37.1. The molecule has 0 aliphatic carbocycles. The first kappa shape index (κ1) is 88.1. The molecule has 0 spiro atoms. The molecular weight excluding hydrogens is 1270 g/mol. The van der Waals surface area contributed by atoms with Gasteiger partial charge in [0.1, 0.15) is 73.1 Å². The van der Waals surface area contributed by atoms with E-state index >= 15 is 19.2 Å². The van der Waals surface area contributed by atoms with E-state index in [1.165, 1.54) is 87.7 Å². The molecule has 554 valence electrons. The van der Waals surface area contributed by atoms with Crippen molar-refractivity contribution in [1.29, 1.82) is 0 Å². The summed E-state index contributed by atoms with van der Waals surface area (Å²) < 4.78 is 6.22. The fourth-order valence-corrected chi connectivity index (χ4v) is 12.3. The lowest BCUT2D eigenvalue weighted by molar-refractivity contribution is -0.657. The van der Waals surface area contributed by atoms with Crippen LogP contribution in [0.25, 0.3) is 0 Å². The summed E-state index contributed by atoms with van der Waals surface area (Å²) in [6.07, 6.45) is 4.15. The highest BCUT2D eigenvalue weighted by molar-refractivity contribution is 6.00. The number of nitrogens with two attached hydrogens (primary N) is 1. The van der Waals surface area contributed by atoms with Crippen LogP contribution in [0, 0.1) is 41.4 Å². The summed E-state index contributed by atoms with van der Waals surface area (Å²) in [5.74, 6) is -11.8. The molecule has 2 saturated heterocycles. The van der Waals surface area contributed by atoms with E-state index in [1.54, 1.807) is 60.6 Å². The molecular formula is C69H122ClN13O14. The molecule has 7 N–H and O–H groups in total. The van der Waals surface area contributed by atoms with Crippen molar-refractivity contribution >= 4 is 76.9 Å². The molecule has 28 heteroatoms. The van der Waals surface area contributed by atoms with E-state index in [-0.39, 0.29) is 80.5 Å². The summed E-state index contributed by atoms with van der Waals surface area (Å²) in [6, 6.07) is -13.3. The van der Waals surface area contributed by atoms with Gasteiger partial charge in [-0.3, -0.25) is 62.3 Å². The number of hydrogen-bond acceptors (Lipinski definition) is 14. The third-order valence-corrected chi connectivity index (χ3v) is 18.2. The number of amides is 12. The Bertz CT molecular complexity index is 2720. The van der Waals surface area contributed by atoms with Gasteiger partial charge in [0.2, 0.25) is 65.0 Å². The molecule has 12 amide bonds. The Morgan fingerprint density at radius 3 is 1.48 bits per heavy atom. The fraction of sp³-hybridized carbons (Fsp3) is 0.783. The normalized spacial score (nSPS) is 26.4. The number of hydrogen-bond donors (Lipinski definition) is 6. The maximum Gasteiger partial charge on any atom is 0.325 e. The number of nitrogens with zero attached hydrogens (tertiary/aromatic N) is 7. The first-order chi connectivity index (χ1) is 44.6. The predicted molar refractivity (Wildman–Crippen MR) is 365 cm³/mol. The smallest absolute Gasteiger partial charge is 0.325 e. The van der Waals surface area contributed by atoms with Crippen molar-refractivity contribution in [3.05, 3.63) is 12.2 Å². The van der Waals surface area contributed by atoms with E-state index in [0.717, 1.165) is 22.8 Å². The van der Waals surface area contributed by atoms with Gasteiger partial charge in [-0.2, -0.15) is 0 Å². The van der Waals surface area contributed by atoms with E-state index in [1.807, 2.05) is 60.7 Å². The van der Waals surface area contributed by atoms with Gasteiger partial charge in [-0.15, -0.1) is 0 Å². The van der Waals surface area contributed by atoms with Gasteiger partial charge in [-0.05, 0) is 101 Å². The lowest BCUT2D eigenvalue weighted by Crippen LogP contribution is -3.00. The summed E-state index contributed by atoms with van der Waals surface area (Å²) >= 11 is 0. The van der Waals surface area contributed by atoms with E-state index in [2.05, 4.69) is 26.6 Å². The zero-order valence-corrected chi connectivity index (χ0v) is 63.5. The number of halogens is 1. The lowest BCUT2D eigenvalue weighted by atomic mass is 9.91. The SMILES string of the molecule is C/C=C/C[C@@H](C)[C@@H](OC(=O)CNC(=O)[C@@H]1CCC[NH2+]1)[C@H]1C(=O)N[C@@H](CC)C(=O)N(C)CC(=O)N(C)[C@@H](CC(C)C)C(=O)N[C@@H](C(C)C)C(=O)N(C)[C@@H](CC(C)C)C(=O)N[C@@H](C)C(=O)N[C@H](C)C(=O)N(C)[C@@H](CC(C)C)C(=O)N(C)[C@@H](CC(C)C)C(=O)N(C)[C@@H](C(C)C)C(=O)N1C.[Cl-]. The van der Waals surface area contributed by atoms with Gasteiger partial charge in [0, 0.05) is 62.2 Å². The Labute approximate surface area is 584 Å². The molecule has 2 heterocycles. The average Bonchev–Trinajstić information content (AvgIpc) is 1.39. The van der Waals surface area contributed by atoms with Gasteiger partial charge in [0.15, 0.2) is 6.04 Å². The molecule has 0 bridgehead atoms. The van der Waals surface area contributed by atoms with Gasteiger partial charge < -0.3 is 83.3 Å². The molecule has 0 aromatic heterocycles. The van der Waals surface area contributed by atoms with Crippen molar-refractivity contribution in [2.75, 3.05) is 69.0 Å². The van der Waals surface area contributed by atoms with Gasteiger partial charge in [0.25, 0.3) is 5.91 Å². The molecule has 2 rings (SSSR count). The van der Waals surface area contributed by atoms with Crippen molar-refractivity contribution < 1.29 is 84.8 Å². The molecule has 0 unspecified atom stereocenters. The molecule has 0 radical (unpaired) electrons. The number of allylic oxidation sites excluding steroid dienone is 2. The molecule has 0 saturated carbocycles. The van der Waals surface area contributed by atoms with Gasteiger partial charge >= 0.3 is 5.97 Å². The van der Waals surface area contributed by atoms with Crippen molar-refractivity contribution in [3.63, 3.8) is 0 Å². The third kappa shape index (κ3) is 25.4. The Morgan fingerprint density at radius 1 is 0.546 bits per heavy atom. The monoisotopic (exact) mass is 1390 g/mol. The Hall–Kier alpha value is -6.90. The second-order valence-electron chi connectivity index (χ2n) is 29.0. The van der Waals surface area contributed by atoms with Crippen LogP contribution in [0.2, 0.25) is 0 Å². The first-order valence-electron chi connectivity index (χ1n) is 34.5. The minimum absolute atomic E-state index is 0. The molecule has 13 atom stereocenters. The minimum Gasteiger partial charge on any atom is -1.00 e. The quantitative estimate of drug-likeness (QED) is 0.0645. The molecule has 0 aromatic carbocycles. The highest BCUT2D eigenvalue weighted by atomic mass is 35.5. The van der Waals surface area contributed by atoms with Crippen molar-refractivity contribution in [2.24, 2.45) is 41.4 Å². The zero-order chi connectivity index (χ0) is 73.7. The van der Waals surface area contributed by atoms with Gasteiger partial charge in [0.05, 0.1) is 13.1 Å². The summed E-state index contributed by atoms with van der Waals surface area (Å²) in [7, 11) is 9.80. The van der Waals surface area contributed by atoms with Crippen LogP contribution in [0.3, 0.4) is 0 Å². The average molecular weight is 1390 g/mol. The fourth-order valence-electron chi connectivity index (χ4n) is 12.3. The van der Waals surface area contributed by atoms with Crippen molar-refractivity contribution in [2.45, 2.75) is 242 Å². The van der Waals surface area contributed by atoms with Crippen LogP contribution in [0.4, 0.5) is 0 Å². The largest absolute Gasteiger partial charge is 1.00 e. The molecule has 97 heavy (non-hydrogen) atoms. The molecule has 2 fully saturated rings. The molecule has 2 aliphatic rings. The van der Waals surface area contributed by atoms with Crippen LogP contribution >= 0.6 is 0 Å². The predicted octanol–water partition coefficient (Wildman–Crippen LogP) is -1.33. The van der Waals surface area contributed by atoms with Crippen LogP contribution in [0.5, 0.6) is 0 Å². The summed E-state index contributed by atoms with van der Waals surface area (Å²) in [6.45, 7) is 29.2. The van der Waals surface area contributed by atoms with Crippen LogP contribution in [-0.2, 0) is 67.1 Å². The highest BCUT2D eigenvalue weighted by Gasteiger charge is 2.47. The van der Waals surface area contributed by atoms with Crippen molar-refractivity contribution in [1.82, 2.24) is 60.9 Å². The van der Waals surface area contributed by atoms with Crippen LogP contribution < -0.4 is 44.3 Å². The molecule has 2 aliphatic heterocycles. The number of rotatable bonds is 19. The van der Waals surface area contributed by atoms with E-state index < -0.39 is 174 Å². The second-order valence-corrected chi connectivity index (χ2v) is 29.0. The highest BCUT2D eigenvalue weighted by Crippen LogP contribution is 2.27. The maximum atomic E-state index is 15.7. The topological polar surface area (TPSA) is 331 Å². The Morgan fingerprint density at radius 2 is 1.01 bits per heavy atom. The van der Waals surface area contributed by atoms with Gasteiger partial charge in [-0.25, -0.2) is 0 Å². The third-order valence-electron chi connectivity index (χ3n) is 18.2. The van der Waals surface area contributed by atoms with Crippen LogP contribution in [-0.4, -0.2) is 253 Å². The molecule has 0 aromatic rings. The minimum atomic E-state index is -1.73. The van der Waals surface area contributed by atoms with E-state index in [4.69, 9.17) is 4.74 Å². The van der Waals surface area contributed by atoms with Gasteiger partial charge in [-0.1, -0.05) is 109 Å².